The van der Waals surface area contributed by atoms with E-state index >= 15 is 0 Å². The highest BCUT2D eigenvalue weighted by atomic mass is 16.5. The van der Waals surface area contributed by atoms with Crippen molar-refractivity contribution in [2.45, 2.75) is 26.3 Å². The average Bonchev–Trinajstić information content (AvgIpc) is 2.66. The van der Waals surface area contributed by atoms with Crippen LogP contribution < -0.4 is 5.73 Å². The van der Waals surface area contributed by atoms with Gasteiger partial charge in [-0.05, 0) is 25.5 Å². The van der Waals surface area contributed by atoms with Gasteiger partial charge in [0.05, 0.1) is 12.6 Å². The number of hydrogen-bond donors (Lipinski definition) is 1. The number of nitrogens with zero attached hydrogens (tertiary/aromatic N) is 2. The molecule has 0 bridgehead atoms. The topological polar surface area (TPSA) is 69.6 Å². The first-order chi connectivity index (χ1) is 8.52. The number of ether oxygens (including phenoxy) is 1. The molecule has 0 aliphatic carbocycles. The van der Waals surface area contributed by atoms with Gasteiger partial charge >= 0.3 is 5.97 Å². The molecule has 2 rings (SSSR count). The zero-order valence-electron chi connectivity index (χ0n) is 10.8. The van der Waals surface area contributed by atoms with Crippen molar-refractivity contribution in [2.24, 2.45) is 5.73 Å². The van der Waals surface area contributed by atoms with E-state index in [0.717, 1.165) is 16.9 Å². The minimum Gasteiger partial charge on any atom is -0.464 e. The molecule has 2 aromatic rings. The number of carbonyl (C=O) groups is 1. The second kappa shape index (κ2) is 4.78. The quantitative estimate of drug-likeness (QED) is 0.830. The Balaban J connectivity index is 2.63. The lowest BCUT2D eigenvalue weighted by Gasteiger charge is -2.04. The van der Waals surface area contributed by atoms with Crippen LogP contribution in [0.2, 0.25) is 0 Å². The molecule has 0 aromatic carbocycles. The maximum Gasteiger partial charge on any atom is 0.358 e. The highest BCUT2D eigenvalue weighted by Crippen LogP contribution is 2.16. The Kier molecular flexibility index (Phi) is 3.34. The van der Waals surface area contributed by atoms with Gasteiger partial charge in [0.15, 0.2) is 5.69 Å². The van der Waals surface area contributed by atoms with Crippen molar-refractivity contribution in [2.75, 3.05) is 7.11 Å². The van der Waals surface area contributed by atoms with Crippen LogP contribution in [-0.4, -0.2) is 28.5 Å². The molecule has 2 aromatic heterocycles. The van der Waals surface area contributed by atoms with Crippen molar-refractivity contribution in [1.29, 1.82) is 0 Å². The molecule has 2 N–H and O–H groups in total. The van der Waals surface area contributed by atoms with E-state index in [1.54, 1.807) is 0 Å². The number of hydrogen-bond acceptors (Lipinski definition) is 4. The number of nitrogens with two attached hydrogens (primary N) is 1. The fourth-order valence-electron chi connectivity index (χ4n) is 1.93. The van der Waals surface area contributed by atoms with Crippen molar-refractivity contribution < 1.29 is 9.53 Å². The van der Waals surface area contributed by atoms with E-state index in [1.807, 2.05) is 36.6 Å². The molecule has 96 valence electrons. The van der Waals surface area contributed by atoms with E-state index in [1.165, 1.54) is 7.11 Å². The molecule has 0 fully saturated rings. The molecule has 1 atom stereocenters. The van der Waals surface area contributed by atoms with Crippen LogP contribution in [0.15, 0.2) is 18.3 Å². The largest absolute Gasteiger partial charge is 0.464 e. The first-order valence-electron chi connectivity index (χ1n) is 5.84. The number of fused-ring (bicyclic) bond motifs is 1. The van der Waals surface area contributed by atoms with Gasteiger partial charge in [0.1, 0.15) is 5.82 Å². The van der Waals surface area contributed by atoms with Gasteiger partial charge in [-0.2, -0.15) is 0 Å². The number of imidazole rings is 1. The van der Waals surface area contributed by atoms with E-state index in [-0.39, 0.29) is 6.04 Å². The van der Waals surface area contributed by atoms with Gasteiger partial charge in [0.25, 0.3) is 0 Å². The van der Waals surface area contributed by atoms with Crippen LogP contribution in [0.4, 0.5) is 0 Å². The molecule has 0 saturated heterocycles. The molecule has 18 heavy (non-hydrogen) atoms. The van der Waals surface area contributed by atoms with Crippen molar-refractivity contribution in [3.05, 3.63) is 35.4 Å². The number of aromatic nitrogens is 2. The van der Waals surface area contributed by atoms with E-state index in [2.05, 4.69) is 4.98 Å². The minimum atomic E-state index is -0.424. The predicted molar refractivity (Wildman–Crippen MR) is 68.6 cm³/mol. The normalized spacial score (nSPS) is 12.7. The van der Waals surface area contributed by atoms with Gasteiger partial charge in [-0.1, -0.05) is 6.07 Å². The first kappa shape index (κ1) is 12.6. The Hall–Kier alpha value is -1.88. The van der Waals surface area contributed by atoms with E-state index < -0.39 is 5.97 Å². The highest BCUT2D eigenvalue weighted by Gasteiger charge is 2.18. The molecular weight excluding hydrogens is 230 g/mol. The van der Waals surface area contributed by atoms with Crippen molar-refractivity contribution in [3.63, 3.8) is 0 Å². The summed E-state index contributed by atoms with van der Waals surface area (Å²) in [5.74, 6) is 0.358. The molecule has 5 nitrogen and oxygen atoms in total. The predicted octanol–water partition coefficient (Wildman–Crippen LogP) is 1.32. The summed E-state index contributed by atoms with van der Waals surface area (Å²) in [4.78, 5) is 16.0. The summed E-state index contributed by atoms with van der Waals surface area (Å²) >= 11 is 0. The summed E-state index contributed by atoms with van der Waals surface area (Å²) < 4.78 is 6.65. The Labute approximate surface area is 106 Å². The third-order valence-corrected chi connectivity index (χ3v) is 2.74. The van der Waals surface area contributed by atoms with Gasteiger partial charge < -0.3 is 14.9 Å². The smallest absolute Gasteiger partial charge is 0.358 e. The molecule has 0 amide bonds. The van der Waals surface area contributed by atoms with Gasteiger partial charge in [-0.3, -0.25) is 0 Å². The molecule has 2 heterocycles. The van der Waals surface area contributed by atoms with Gasteiger partial charge in [-0.25, -0.2) is 9.78 Å². The van der Waals surface area contributed by atoms with Gasteiger partial charge in [-0.15, -0.1) is 0 Å². The number of esters is 1. The lowest BCUT2D eigenvalue weighted by Crippen LogP contribution is -2.19. The molecule has 0 saturated carbocycles. The van der Waals surface area contributed by atoms with Crippen LogP contribution >= 0.6 is 0 Å². The van der Waals surface area contributed by atoms with Crippen LogP contribution in [0.3, 0.4) is 0 Å². The second-order valence-corrected chi connectivity index (χ2v) is 4.51. The average molecular weight is 247 g/mol. The summed E-state index contributed by atoms with van der Waals surface area (Å²) in [7, 11) is 1.35. The second-order valence-electron chi connectivity index (χ2n) is 4.51. The third-order valence-electron chi connectivity index (χ3n) is 2.74. The van der Waals surface area contributed by atoms with E-state index in [0.29, 0.717) is 12.1 Å². The van der Waals surface area contributed by atoms with E-state index in [9.17, 15) is 4.79 Å². The zero-order valence-corrected chi connectivity index (χ0v) is 10.8. The fourth-order valence-corrected chi connectivity index (χ4v) is 1.93. The van der Waals surface area contributed by atoms with Gasteiger partial charge in [0, 0.05) is 18.7 Å². The van der Waals surface area contributed by atoms with Crippen LogP contribution in [0.5, 0.6) is 0 Å². The van der Waals surface area contributed by atoms with Crippen molar-refractivity contribution >= 4 is 11.5 Å². The number of carbonyl (C=O) groups excluding carboxylic acids is 1. The summed E-state index contributed by atoms with van der Waals surface area (Å²) in [6.07, 6.45) is 2.56. The maximum absolute atomic E-state index is 11.7. The minimum absolute atomic E-state index is 0.0124. The Bertz CT molecular complexity index is 587. The molecule has 1 unspecified atom stereocenters. The van der Waals surface area contributed by atoms with Gasteiger partial charge in [0.2, 0.25) is 0 Å². The number of pyridine rings is 1. The van der Waals surface area contributed by atoms with Crippen LogP contribution in [0.1, 0.15) is 28.8 Å². The molecule has 0 spiro atoms. The number of rotatable bonds is 3. The lowest BCUT2D eigenvalue weighted by atomic mass is 10.2. The Morgan fingerprint density at radius 3 is 2.89 bits per heavy atom. The van der Waals surface area contributed by atoms with Crippen LogP contribution in [0.25, 0.3) is 5.52 Å². The Morgan fingerprint density at radius 1 is 1.56 bits per heavy atom. The highest BCUT2D eigenvalue weighted by molar-refractivity contribution is 5.95. The van der Waals surface area contributed by atoms with Crippen LogP contribution in [0, 0.1) is 6.92 Å². The zero-order chi connectivity index (χ0) is 13.3. The molecule has 0 radical (unpaired) electrons. The van der Waals surface area contributed by atoms with E-state index in [4.69, 9.17) is 10.5 Å². The fraction of sp³-hybridized carbons (Fsp3) is 0.385. The third kappa shape index (κ3) is 2.22. The molecular formula is C13H17N3O2. The van der Waals surface area contributed by atoms with Crippen LogP contribution in [-0.2, 0) is 11.2 Å². The summed E-state index contributed by atoms with van der Waals surface area (Å²) in [6.45, 7) is 3.90. The monoisotopic (exact) mass is 247 g/mol. The Morgan fingerprint density at radius 2 is 2.28 bits per heavy atom. The van der Waals surface area contributed by atoms with Crippen molar-refractivity contribution in [1.82, 2.24) is 9.38 Å². The number of methoxy groups -OCH3 is 1. The lowest BCUT2D eigenvalue weighted by molar-refractivity contribution is 0.0596. The SMILES string of the molecule is COC(=O)c1nc(CC(C)N)n2cc(C)ccc12. The summed E-state index contributed by atoms with van der Waals surface area (Å²) in [5, 5.41) is 0. The molecule has 5 heteroatoms. The standard InChI is InChI=1S/C13H17N3O2/c1-8-4-5-10-12(13(17)18-3)15-11(6-9(2)14)16(10)7-8/h4-5,7,9H,6,14H2,1-3H3. The summed E-state index contributed by atoms with van der Waals surface area (Å²) in [6, 6.07) is 3.81. The van der Waals surface area contributed by atoms with Crippen molar-refractivity contribution in [3.8, 4) is 0 Å². The molecule has 0 aliphatic heterocycles. The molecule has 0 aliphatic rings. The maximum atomic E-state index is 11.7. The summed E-state index contributed by atoms with van der Waals surface area (Å²) in [5.41, 5.74) is 7.99. The first-order valence-corrected chi connectivity index (χ1v) is 5.84. The number of aryl methyl sites for hydroxylation is 1.